The molecule has 0 aliphatic heterocycles. The summed E-state index contributed by atoms with van der Waals surface area (Å²) in [4.78, 5) is 11.2. The lowest BCUT2D eigenvalue weighted by molar-refractivity contribution is -0.153. The van der Waals surface area contributed by atoms with Gasteiger partial charge in [0.2, 0.25) is 0 Å². The second kappa shape index (κ2) is 6.48. The molecule has 1 amide bonds. The lowest BCUT2D eigenvalue weighted by atomic mass is 10.2. The van der Waals surface area contributed by atoms with Crippen molar-refractivity contribution in [3.63, 3.8) is 0 Å². The summed E-state index contributed by atoms with van der Waals surface area (Å²) in [6, 6.07) is 5.41. The molecule has 1 N–H and O–H groups in total. The van der Waals surface area contributed by atoms with Gasteiger partial charge in [-0.2, -0.15) is 18.4 Å². The Morgan fingerprint density at radius 1 is 1.45 bits per heavy atom. The van der Waals surface area contributed by atoms with Crippen molar-refractivity contribution in [2.45, 2.75) is 13.1 Å². The molecule has 7 heteroatoms. The number of anilines is 1. The second-order valence-electron chi connectivity index (χ2n) is 3.56. The summed E-state index contributed by atoms with van der Waals surface area (Å²) in [6.45, 7) is -0.0109. The highest BCUT2D eigenvalue weighted by Gasteiger charge is 2.28. The average Bonchev–Trinajstić information content (AvgIpc) is 2.36. The van der Waals surface area contributed by atoms with Crippen LogP contribution in [0, 0.1) is 23.2 Å². The molecule has 0 bridgehead atoms. The second-order valence-corrected chi connectivity index (χ2v) is 3.56. The van der Waals surface area contributed by atoms with Crippen LogP contribution in [-0.2, 0) is 4.79 Å². The highest BCUT2D eigenvalue weighted by atomic mass is 19.4. The first kappa shape index (κ1) is 15.4. The van der Waals surface area contributed by atoms with E-state index in [1.54, 1.807) is 6.07 Å². The van der Waals surface area contributed by atoms with E-state index in [9.17, 15) is 18.0 Å². The van der Waals surface area contributed by atoms with Crippen molar-refractivity contribution in [3.8, 4) is 23.7 Å². The van der Waals surface area contributed by atoms with Crippen LogP contribution in [0.15, 0.2) is 18.2 Å². The quantitative estimate of drug-likeness (QED) is 0.866. The highest BCUT2D eigenvalue weighted by molar-refractivity contribution is 6.04. The number of nitriles is 1. The Balaban J connectivity index is 2.88. The number of hydrogen-bond donors (Lipinski definition) is 1. The number of alkyl halides is 3. The van der Waals surface area contributed by atoms with E-state index < -0.39 is 18.7 Å². The number of nitrogens with zero attached hydrogens (tertiary/aromatic N) is 1. The average molecular weight is 282 g/mol. The first-order valence-electron chi connectivity index (χ1n) is 5.33. The summed E-state index contributed by atoms with van der Waals surface area (Å²) in [7, 11) is 0. The van der Waals surface area contributed by atoms with Crippen molar-refractivity contribution in [3.05, 3.63) is 23.8 Å². The molecule has 0 unspecified atom stereocenters. The van der Waals surface area contributed by atoms with Crippen molar-refractivity contribution in [2.75, 3.05) is 11.9 Å². The van der Waals surface area contributed by atoms with Gasteiger partial charge in [0.15, 0.2) is 6.61 Å². The number of amides is 1. The minimum Gasteiger partial charge on any atom is -0.483 e. The summed E-state index contributed by atoms with van der Waals surface area (Å²) < 4.78 is 40.6. The topological polar surface area (TPSA) is 62.1 Å². The summed E-state index contributed by atoms with van der Waals surface area (Å²) in [5.74, 6) is 3.83. The molecule has 0 spiro atoms. The van der Waals surface area contributed by atoms with Gasteiger partial charge in [-0.1, -0.05) is 5.92 Å². The molecule has 0 saturated heterocycles. The molecule has 1 rings (SSSR count). The lowest BCUT2D eigenvalue weighted by Gasteiger charge is -2.11. The fourth-order valence-corrected chi connectivity index (χ4v) is 1.26. The van der Waals surface area contributed by atoms with Crippen LogP contribution in [0.1, 0.15) is 12.5 Å². The molecule has 0 saturated carbocycles. The third-order valence-corrected chi connectivity index (χ3v) is 1.99. The molecule has 0 atom stereocenters. The molecule has 0 radical (unpaired) electrons. The number of halogens is 3. The van der Waals surface area contributed by atoms with E-state index in [1.165, 1.54) is 25.1 Å². The lowest BCUT2D eigenvalue weighted by Crippen LogP contribution is -2.19. The fourth-order valence-electron chi connectivity index (χ4n) is 1.26. The number of carbonyl (C=O) groups is 1. The van der Waals surface area contributed by atoms with E-state index in [-0.39, 0.29) is 17.0 Å². The van der Waals surface area contributed by atoms with Crippen molar-refractivity contribution >= 4 is 11.6 Å². The zero-order valence-electron chi connectivity index (χ0n) is 10.3. The van der Waals surface area contributed by atoms with E-state index in [1.807, 2.05) is 0 Å². The van der Waals surface area contributed by atoms with Crippen LogP contribution >= 0.6 is 0 Å². The molecule has 0 heterocycles. The van der Waals surface area contributed by atoms with E-state index in [4.69, 9.17) is 5.26 Å². The van der Waals surface area contributed by atoms with Crippen LogP contribution in [-0.4, -0.2) is 18.7 Å². The largest absolute Gasteiger partial charge is 0.483 e. The van der Waals surface area contributed by atoms with Gasteiger partial charge in [-0.05, 0) is 31.0 Å². The normalized spacial score (nSPS) is 9.95. The van der Waals surface area contributed by atoms with Crippen LogP contribution < -0.4 is 10.1 Å². The molecule has 20 heavy (non-hydrogen) atoms. The van der Waals surface area contributed by atoms with Gasteiger partial charge < -0.3 is 10.1 Å². The summed E-state index contributed by atoms with van der Waals surface area (Å²) in [6.07, 6.45) is -4.49. The standard InChI is InChI=1S/C13H9F3N2O2/c1-2-3-12(19)18-10-4-5-11(9(6-10)7-17)20-8-13(14,15)16/h4-6H,8H2,1H3,(H,18,19). The van der Waals surface area contributed by atoms with E-state index in [2.05, 4.69) is 21.9 Å². The first-order valence-corrected chi connectivity index (χ1v) is 5.33. The molecule has 0 fully saturated rings. The zero-order chi connectivity index (χ0) is 15.2. The molecule has 0 aromatic heterocycles. The van der Waals surface area contributed by atoms with Gasteiger partial charge in [0.1, 0.15) is 11.8 Å². The van der Waals surface area contributed by atoms with Crippen molar-refractivity contribution < 1.29 is 22.7 Å². The van der Waals surface area contributed by atoms with Crippen LogP contribution in [0.4, 0.5) is 18.9 Å². The first-order chi connectivity index (χ1) is 9.35. The molecule has 0 aliphatic carbocycles. The minimum atomic E-state index is -4.49. The maximum absolute atomic E-state index is 12.0. The van der Waals surface area contributed by atoms with Crippen molar-refractivity contribution in [1.29, 1.82) is 5.26 Å². The number of benzene rings is 1. The SMILES string of the molecule is CC#CC(=O)Nc1ccc(OCC(F)(F)F)c(C#N)c1. The number of ether oxygens (including phenoxy) is 1. The summed E-state index contributed by atoms with van der Waals surface area (Å²) in [5.41, 5.74) is 0.130. The molecule has 0 aliphatic rings. The van der Waals surface area contributed by atoms with Crippen molar-refractivity contribution in [1.82, 2.24) is 0 Å². The Bertz CT molecular complexity index is 607. The predicted octanol–water partition coefficient (Wildman–Crippen LogP) is 2.46. The minimum absolute atomic E-state index is 0.114. The Labute approximate surface area is 113 Å². The van der Waals surface area contributed by atoms with E-state index in [0.717, 1.165) is 0 Å². The van der Waals surface area contributed by atoms with Gasteiger partial charge >= 0.3 is 6.18 Å². The number of carbonyl (C=O) groups excluding carboxylic acids is 1. The Morgan fingerprint density at radius 3 is 2.70 bits per heavy atom. The smallest absolute Gasteiger partial charge is 0.422 e. The number of hydrogen-bond acceptors (Lipinski definition) is 3. The van der Waals surface area contributed by atoms with E-state index in [0.29, 0.717) is 0 Å². The van der Waals surface area contributed by atoms with Gasteiger partial charge in [-0.25, -0.2) is 0 Å². The Kier molecular flexibility index (Phi) is 4.99. The van der Waals surface area contributed by atoms with Gasteiger partial charge in [-0.15, -0.1) is 0 Å². The monoisotopic (exact) mass is 282 g/mol. The Morgan fingerprint density at radius 2 is 2.15 bits per heavy atom. The van der Waals surface area contributed by atoms with Crippen LogP contribution in [0.2, 0.25) is 0 Å². The van der Waals surface area contributed by atoms with Crippen LogP contribution in [0.5, 0.6) is 5.75 Å². The van der Waals surface area contributed by atoms with Gasteiger partial charge in [0.25, 0.3) is 5.91 Å². The third-order valence-electron chi connectivity index (χ3n) is 1.99. The molecular weight excluding hydrogens is 273 g/mol. The molecule has 1 aromatic rings. The number of rotatable bonds is 3. The molecular formula is C13H9F3N2O2. The fraction of sp³-hybridized carbons (Fsp3) is 0.231. The molecule has 104 valence electrons. The molecule has 1 aromatic carbocycles. The highest BCUT2D eigenvalue weighted by Crippen LogP contribution is 2.24. The number of nitrogens with one attached hydrogen (secondary N) is 1. The van der Waals surface area contributed by atoms with Crippen molar-refractivity contribution in [2.24, 2.45) is 0 Å². The summed E-state index contributed by atoms with van der Waals surface area (Å²) in [5, 5.41) is 11.2. The summed E-state index contributed by atoms with van der Waals surface area (Å²) >= 11 is 0. The van der Waals surface area contributed by atoms with Gasteiger partial charge in [-0.3, -0.25) is 4.79 Å². The molecule has 4 nitrogen and oxygen atoms in total. The Hall–Kier alpha value is -2.67. The maximum atomic E-state index is 12.0. The van der Waals surface area contributed by atoms with E-state index >= 15 is 0 Å². The maximum Gasteiger partial charge on any atom is 0.422 e. The predicted molar refractivity (Wildman–Crippen MR) is 64.8 cm³/mol. The zero-order valence-corrected chi connectivity index (χ0v) is 10.3. The van der Waals surface area contributed by atoms with Gasteiger partial charge in [0, 0.05) is 5.69 Å². The van der Waals surface area contributed by atoms with Crippen LogP contribution in [0.3, 0.4) is 0 Å². The van der Waals surface area contributed by atoms with Gasteiger partial charge in [0.05, 0.1) is 5.56 Å². The van der Waals surface area contributed by atoms with Crippen LogP contribution in [0.25, 0.3) is 0 Å². The third kappa shape index (κ3) is 4.91.